The minimum atomic E-state index is -3.80. The summed E-state index contributed by atoms with van der Waals surface area (Å²) in [5.74, 6) is -1.07. The van der Waals surface area contributed by atoms with Crippen molar-refractivity contribution in [1.82, 2.24) is 4.72 Å². The van der Waals surface area contributed by atoms with Crippen LogP contribution in [0.5, 0.6) is 0 Å². The lowest BCUT2D eigenvalue weighted by Gasteiger charge is -2.04. The van der Waals surface area contributed by atoms with E-state index in [-0.39, 0.29) is 11.4 Å². The first-order valence-electron chi connectivity index (χ1n) is 4.32. The quantitative estimate of drug-likeness (QED) is 0.636. The second-order valence-electron chi connectivity index (χ2n) is 2.87. The lowest BCUT2D eigenvalue weighted by atomic mass is 10.3. The zero-order valence-corrected chi connectivity index (χ0v) is 9.12. The van der Waals surface area contributed by atoms with Crippen molar-refractivity contribution >= 4 is 15.7 Å². The first-order valence-corrected chi connectivity index (χ1v) is 5.80. The first kappa shape index (κ1) is 12.5. The van der Waals surface area contributed by atoms with Gasteiger partial charge in [-0.3, -0.25) is 10.1 Å². The molecular weight excluding hydrogens is 239 g/mol. The average Bonchev–Trinajstić information content (AvgIpc) is 2.17. The summed E-state index contributed by atoms with van der Waals surface area (Å²) in [4.78, 5) is 9.11. The Labute approximate surface area is 91.3 Å². The normalized spacial score (nSPS) is 11.4. The van der Waals surface area contributed by atoms with Gasteiger partial charge in [0.05, 0.1) is 9.82 Å². The molecule has 0 aliphatic heterocycles. The Bertz CT molecular complexity index is 515. The van der Waals surface area contributed by atoms with Crippen LogP contribution in [0.25, 0.3) is 0 Å². The number of rotatable bonds is 4. The summed E-state index contributed by atoms with van der Waals surface area (Å²) in [6.45, 7) is 1.71. The van der Waals surface area contributed by atoms with Gasteiger partial charge in [0.25, 0.3) is 0 Å². The number of sulfonamides is 1. The highest BCUT2D eigenvalue weighted by molar-refractivity contribution is 7.89. The molecule has 0 aliphatic rings. The summed E-state index contributed by atoms with van der Waals surface area (Å²) in [6.07, 6.45) is 0. The van der Waals surface area contributed by atoms with Crippen LogP contribution in [0.15, 0.2) is 23.1 Å². The van der Waals surface area contributed by atoms with Crippen molar-refractivity contribution in [1.29, 1.82) is 0 Å². The smallest absolute Gasteiger partial charge is 0.258 e. The topological polar surface area (TPSA) is 89.3 Å². The zero-order valence-electron chi connectivity index (χ0n) is 8.31. The molecule has 1 aromatic carbocycles. The van der Waals surface area contributed by atoms with E-state index in [9.17, 15) is 22.9 Å². The molecule has 16 heavy (non-hydrogen) atoms. The summed E-state index contributed by atoms with van der Waals surface area (Å²) in [5.41, 5.74) is -0.862. The maximum atomic E-state index is 12.9. The van der Waals surface area contributed by atoms with E-state index in [0.717, 1.165) is 12.1 Å². The van der Waals surface area contributed by atoms with Gasteiger partial charge in [0.1, 0.15) is 0 Å². The first-order chi connectivity index (χ1) is 7.38. The molecule has 0 saturated carbocycles. The van der Waals surface area contributed by atoms with Gasteiger partial charge in [-0.2, -0.15) is 4.39 Å². The Balaban J connectivity index is 3.28. The molecule has 88 valence electrons. The van der Waals surface area contributed by atoms with E-state index in [1.165, 1.54) is 0 Å². The summed E-state index contributed by atoms with van der Waals surface area (Å²) in [6, 6.07) is 2.41. The number of nitrogens with zero attached hydrogens (tertiary/aromatic N) is 1. The van der Waals surface area contributed by atoms with Crippen LogP contribution in [0.2, 0.25) is 0 Å². The molecule has 0 fully saturated rings. The molecule has 1 N–H and O–H groups in total. The van der Waals surface area contributed by atoms with Crippen molar-refractivity contribution in [3.8, 4) is 0 Å². The van der Waals surface area contributed by atoms with Gasteiger partial charge in [-0.1, -0.05) is 6.92 Å². The fourth-order valence-electron chi connectivity index (χ4n) is 1.07. The van der Waals surface area contributed by atoms with E-state index < -0.39 is 26.5 Å². The molecule has 0 spiro atoms. The molecule has 0 radical (unpaired) electrons. The third-order valence-corrected chi connectivity index (χ3v) is 3.30. The van der Waals surface area contributed by atoms with Gasteiger partial charge in [0.2, 0.25) is 15.8 Å². The van der Waals surface area contributed by atoms with Gasteiger partial charge in [0, 0.05) is 12.6 Å². The molecule has 0 bridgehead atoms. The van der Waals surface area contributed by atoms with Crippen LogP contribution >= 0.6 is 0 Å². The number of nitrogens with one attached hydrogen (secondary N) is 1. The molecule has 1 rings (SSSR count). The molecule has 0 heterocycles. The molecule has 1 aromatic rings. The molecule has 0 aromatic heterocycles. The standard InChI is InChI=1S/C8H9FN2O4S/c1-2-10-16(14,15)6-3-4-7(9)8(5-6)11(12)13/h3-5,10H,2H2,1H3. The number of benzene rings is 1. The number of nitro benzene ring substituents is 1. The van der Waals surface area contributed by atoms with Gasteiger partial charge in [-0.15, -0.1) is 0 Å². The van der Waals surface area contributed by atoms with Crippen molar-refractivity contribution < 1.29 is 17.7 Å². The van der Waals surface area contributed by atoms with Crippen molar-refractivity contribution in [2.45, 2.75) is 11.8 Å². The SMILES string of the molecule is CCNS(=O)(=O)c1ccc(F)c([N+](=O)[O-])c1. The van der Waals surface area contributed by atoms with E-state index in [0.29, 0.717) is 6.07 Å². The fourth-order valence-corrected chi connectivity index (χ4v) is 2.13. The van der Waals surface area contributed by atoms with Crippen LogP contribution in [0.4, 0.5) is 10.1 Å². The van der Waals surface area contributed by atoms with E-state index in [1.54, 1.807) is 6.92 Å². The maximum Gasteiger partial charge on any atom is 0.306 e. The largest absolute Gasteiger partial charge is 0.306 e. The van der Waals surface area contributed by atoms with Crippen molar-refractivity contribution in [3.05, 3.63) is 34.1 Å². The predicted octanol–water partition coefficient (Wildman–Crippen LogP) is 1.03. The number of halogens is 1. The fraction of sp³-hybridized carbons (Fsp3) is 0.250. The zero-order chi connectivity index (χ0) is 12.3. The van der Waals surface area contributed by atoms with Crippen LogP contribution in [0.3, 0.4) is 0 Å². The van der Waals surface area contributed by atoms with E-state index in [1.807, 2.05) is 0 Å². The second kappa shape index (κ2) is 4.54. The highest BCUT2D eigenvalue weighted by Gasteiger charge is 2.20. The average molecular weight is 248 g/mol. The lowest BCUT2D eigenvalue weighted by Crippen LogP contribution is -2.23. The third kappa shape index (κ3) is 2.52. The van der Waals surface area contributed by atoms with Gasteiger partial charge >= 0.3 is 5.69 Å². The molecule has 0 amide bonds. The van der Waals surface area contributed by atoms with Crippen molar-refractivity contribution in [2.24, 2.45) is 0 Å². The summed E-state index contributed by atoms with van der Waals surface area (Å²) in [5, 5.41) is 10.4. The highest BCUT2D eigenvalue weighted by atomic mass is 32.2. The van der Waals surface area contributed by atoms with Crippen LogP contribution < -0.4 is 4.72 Å². The maximum absolute atomic E-state index is 12.9. The van der Waals surface area contributed by atoms with Crippen molar-refractivity contribution in [2.75, 3.05) is 6.54 Å². The van der Waals surface area contributed by atoms with Gasteiger partial charge < -0.3 is 0 Å². The molecule has 0 atom stereocenters. The number of hydrogen-bond acceptors (Lipinski definition) is 4. The Hall–Kier alpha value is -1.54. The third-order valence-electron chi connectivity index (χ3n) is 1.76. The van der Waals surface area contributed by atoms with Crippen LogP contribution in [-0.2, 0) is 10.0 Å². The molecule has 0 saturated heterocycles. The van der Waals surface area contributed by atoms with Crippen molar-refractivity contribution in [3.63, 3.8) is 0 Å². The minimum absolute atomic E-state index is 0.146. The van der Waals surface area contributed by atoms with Crippen LogP contribution in [-0.4, -0.2) is 19.9 Å². The van der Waals surface area contributed by atoms with E-state index in [4.69, 9.17) is 0 Å². The predicted molar refractivity (Wildman–Crippen MR) is 53.9 cm³/mol. The lowest BCUT2D eigenvalue weighted by molar-refractivity contribution is -0.387. The van der Waals surface area contributed by atoms with E-state index >= 15 is 0 Å². The van der Waals surface area contributed by atoms with Gasteiger partial charge in [-0.25, -0.2) is 13.1 Å². The molecular formula is C8H9FN2O4S. The number of nitro groups is 1. The molecule has 0 unspecified atom stereocenters. The Morgan fingerprint density at radius 3 is 2.62 bits per heavy atom. The molecule has 6 nitrogen and oxygen atoms in total. The van der Waals surface area contributed by atoms with Crippen LogP contribution in [0.1, 0.15) is 6.92 Å². The highest BCUT2D eigenvalue weighted by Crippen LogP contribution is 2.21. The Morgan fingerprint density at radius 1 is 1.50 bits per heavy atom. The molecule has 8 heteroatoms. The van der Waals surface area contributed by atoms with E-state index in [2.05, 4.69) is 4.72 Å². The summed E-state index contributed by atoms with van der Waals surface area (Å²) in [7, 11) is -3.80. The number of hydrogen-bond donors (Lipinski definition) is 1. The Morgan fingerprint density at radius 2 is 2.12 bits per heavy atom. The van der Waals surface area contributed by atoms with Crippen LogP contribution in [0, 0.1) is 15.9 Å². The summed E-state index contributed by atoms with van der Waals surface area (Å²) >= 11 is 0. The van der Waals surface area contributed by atoms with Gasteiger partial charge in [0.15, 0.2) is 0 Å². The Kier molecular flexibility index (Phi) is 3.55. The summed E-state index contributed by atoms with van der Waals surface area (Å²) < 4.78 is 38.0. The second-order valence-corrected chi connectivity index (χ2v) is 4.64. The monoisotopic (exact) mass is 248 g/mol. The minimum Gasteiger partial charge on any atom is -0.258 e. The van der Waals surface area contributed by atoms with Gasteiger partial charge in [-0.05, 0) is 12.1 Å². The molecule has 0 aliphatic carbocycles.